The van der Waals surface area contributed by atoms with Gasteiger partial charge in [0.1, 0.15) is 0 Å². The summed E-state index contributed by atoms with van der Waals surface area (Å²) in [5.74, 6) is 0. The number of benzene rings is 1. The first kappa shape index (κ1) is 13.4. The van der Waals surface area contributed by atoms with Gasteiger partial charge in [-0.05, 0) is 42.6 Å². The fourth-order valence-corrected chi connectivity index (χ4v) is 2.57. The van der Waals surface area contributed by atoms with E-state index < -0.39 is 0 Å². The zero-order valence-corrected chi connectivity index (χ0v) is 12.1. The first-order valence-corrected chi connectivity index (χ1v) is 7.09. The van der Waals surface area contributed by atoms with Crippen molar-refractivity contribution in [3.8, 4) is 0 Å². The van der Waals surface area contributed by atoms with Gasteiger partial charge in [-0.15, -0.1) is 0 Å². The third-order valence-corrected chi connectivity index (χ3v) is 3.66. The Balaban J connectivity index is 2.16. The van der Waals surface area contributed by atoms with E-state index in [0.717, 1.165) is 23.9 Å². The highest BCUT2D eigenvalue weighted by atomic mass is 79.9. The van der Waals surface area contributed by atoms with E-state index in [4.69, 9.17) is 4.42 Å². The maximum absolute atomic E-state index is 5.15. The molecule has 1 N–H and O–H groups in total. The maximum Gasteiger partial charge on any atom is 0.0935 e. The minimum atomic E-state index is 0.318. The lowest BCUT2D eigenvalue weighted by molar-refractivity contribution is 0.519. The molecule has 0 saturated carbocycles. The maximum atomic E-state index is 5.15. The summed E-state index contributed by atoms with van der Waals surface area (Å²) in [6.07, 6.45) is 5.62. The predicted molar refractivity (Wildman–Crippen MR) is 77.6 cm³/mol. The van der Waals surface area contributed by atoms with Gasteiger partial charge in [0.25, 0.3) is 0 Å². The number of halogens is 1. The van der Waals surface area contributed by atoms with Crippen molar-refractivity contribution in [2.24, 2.45) is 0 Å². The van der Waals surface area contributed by atoms with Crippen LogP contribution in [0.25, 0.3) is 0 Å². The Hall–Kier alpha value is -1.06. The van der Waals surface area contributed by atoms with E-state index in [1.165, 1.54) is 11.1 Å². The lowest BCUT2D eigenvalue weighted by atomic mass is 10.0. The molecule has 0 spiro atoms. The molecule has 1 heterocycles. The number of rotatable bonds is 6. The normalized spacial score (nSPS) is 12.6. The highest BCUT2D eigenvalue weighted by Gasteiger charge is 2.14. The van der Waals surface area contributed by atoms with Gasteiger partial charge >= 0.3 is 0 Å². The summed E-state index contributed by atoms with van der Waals surface area (Å²) in [5.41, 5.74) is 2.52. The Bertz CT molecular complexity index is 467. The number of hydrogen-bond acceptors (Lipinski definition) is 2. The van der Waals surface area contributed by atoms with E-state index >= 15 is 0 Å². The van der Waals surface area contributed by atoms with Crippen LogP contribution in [0.2, 0.25) is 0 Å². The lowest BCUT2D eigenvalue weighted by Crippen LogP contribution is -2.24. The fraction of sp³-hybridized carbons (Fsp3) is 0.333. The fourth-order valence-electron chi connectivity index (χ4n) is 2.01. The molecule has 0 aliphatic rings. The van der Waals surface area contributed by atoms with Gasteiger partial charge in [-0.1, -0.05) is 41.1 Å². The monoisotopic (exact) mass is 307 g/mol. The average molecular weight is 308 g/mol. The van der Waals surface area contributed by atoms with Crippen LogP contribution >= 0.6 is 15.9 Å². The molecule has 18 heavy (non-hydrogen) atoms. The molecular formula is C15H18BrNO. The van der Waals surface area contributed by atoms with Crippen molar-refractivity contribution in [3.63, 3.8) is 0 Å². The molecule has 0 aliphatic carbocycles. The van der Waals surface area contributed by atoms with Crippen LogP contribution in [0, 0.1) is 0 Å². The summed E-state index contributed by atoms with van der Waals surface area (Å²) in [6.45, 7) is 3.20. The van der Waals surface area contributed by atoms with E-state index in [0.29, 0.717) is 6.04 Å². The van der Waals surface area contributed by atoms with E-state index in [1.807, 2.05) is 18.4 Å². The van der Waals surface area contributed by atoms with Crippen LogP contribution in [-0.4, -0.2) is 6.54 Å². The zero-order chi connectivity index (χ0) is 12.8. The Kier molecular flexibility index (Phi) is 5.02. The standard InChI is InChI=1S/C15H18BrNO/c1-2-8-17-15(10-12-7-9-18-11-12)13-5-3-4-6-14(13)16/h3-7,9,11,15,17H,2,8,10H2,1H3. The molecule has 0 amide bonds. The van der Waals surface area contributed by atoms with Crippen molar-refractivity contribution in [3.05, 3.63) is 58.5 Å². The van der Waals surface area contributed by atoms with Crippen LogP contribution in [0.5, 0.6) is 0 Å². The summed E-state index contributed by atoms with van der Waals surface area (Å²) >= 11 is 3.63. The Morgan fingerprint density at radius 1 is 1.28 bits per heavy atom. The number of hydrogen-bond donors (Lipinski definition) is 1. The van der Waals surface area contributed by atoms with Crippen molar-refractivity contribution in [2.45, 2.75) is 25.8 Å². The summed E-state index contributed by atoms with van der Waals surface area (Å²) < 4.78 is 6.30. The largest absolute Gasteiger partial charge is 0.472 e. The van der Waals surface area contributed by atoms with Crippen LogP contribution in [0.3, 0.4) is 0 Å². The highest BCUT2D eigenvalue weighted by molar-refractivity contribution is 9.10. The minimum Gasteiger partial charge on any atom is -0.472 e. The predicted octanol–water partition coefficient (Wildman–Crippen LogP) is 4.33. The summed E-state index contributed by atoms with van der Waals surface area (Å²) in [5, 5.41) is 3.59. The third kappa shape index (κ3) is 3.47. The molecule has 3 heteroatoms. The molecule has 0 bridgehead atoms. The van der Waals surface area contributed by atoms with Crippen LogP contribution in [0.4, 0.5) is 0 Å². The quantitative estimate of drug-likeness (QED) is 0.859. The molecule has 1 unspecified atom stereocenters. The molecule has 1 aromatic heterocycles. The van der Waals surface area contributed by atoms with Gasteiger partial charge < -0.3 is 9.73 Å². The molecule has 0 aliphatic heterocycles. The SMILES string of the molecule is CCCNC(Cc1ccoc1)c1ccccc1Br. The van der Waals surface area contributed by atoms with Gasteiger partial charge in [0.2, 0.25) is 0 Å². The van der Waals surface area contributed by atoms with Gasteiger partial charge in [-0.2, -0.15) is 0 Å². The second-order valence-electron chi connectivity index (χ2n) is 4.36. The minimum absolute atomic E-state index is 0.318. The topological polar surface area (TPSA) is 25.2 Å². The second-order valence-corrected chi connectivity index (χ2v) is 5.22. The van der Waals surface area contributed by atoms with Gasteiger partial charge in [-0.25, -0.2) is 0 Å². The Labute approximate surface area is 117 Å². The van der Waals surface area contributed by atoms with Crippen molar-refractivity contribution < 1.29 is 4.42 Å². The molecule has 1 atom stereocenters. The van der Waals surface area contributed by atoms with Crippen molar-refractivity contribution in [1.82, 2.24) is 5.32 Å². The first-order chi connectivity index (χ1) is 8.81. The molecule has 2 nitrogen and oxygen atoms in total. The van der Waals surface area contributed by atoms with Gasteiger partial charge in [0, 0.05) is 10.5 Å². The smallest absolute Gasteiger partial charge is 0.0935 e. The van der Waals surface area contributed by atoms with Crippen LogP contribution in [0.1, 0.15) is 30.5 Å². The van der Waals surface area contributed by atoms with E-state index in [9.17, 15) is 0 Å². The Morgan fingerprint density at radius 3 is 2.78 bits per heavy atom. The summed E-state index contributed by atoms with van der Waals surface area (Å²) in [6, 6.07) is 10.7. The Morgan fingerprint density at radius 2 is 2.11 bits per heavy atom. The zero-order valence-electron chi connectivity index (χ0n) is 10.5. The van der Waals surface area contributed by atoms with Crippen molar-refractivity contribution >= 4 is 15.9 Å². The van der Waals surface area contributed by atoms with Crippen molar-refractivity contribution in [1.29, 1.82) is 0 Å². The third-order valence-electron chi connectivity index (χ3n) is 2.94. The highest BCUT2D eigenvalue weighted by Crippen LogP contribution is 2.26. The van der Waals surface area contributed by atoms with Crippen LogP contribution in [0.15, 0.2) is 51.7 Å². The van der Waals surface area contributed by atoms with E-state index in [1.54, 1.807) is 6.26 Å². The summed E-state index contributed by atoms with van der Waals surface area (Å²) in [4.78, 5) is 0. The van der Waals surface area contributed by atoms with Gasteiger partial charge in [0.15, 0.2) is 0 Å². The molecule has 2 aromatic rings. The summed E-state index contributed by atoms with van der Waals surface area (Å²) in [7, 11) is 0. The molecule has 0 radical (unpaired) electrons. The van der Waals surface area contributed by atoms with Crippen LogP contribution < -0.4 is 5.32 Å². The van der Waals surface area contributed by atoms with Crippen LogP contribution in [-0.2, 0) is 6.42 Å². The van der Waals surface area contributed by atoms with Gasteiger partial charge in [-0.3, -0.25) is 0 Å². The molecule has 0 fully saturated rings. The van der Waals surface area contributed by atoms with E-state index in [2.05, 4.69) is 46.4 Å². The molecule has 2 rings (SSSR count). The van der Waals surface area contributed by atoms with Crippen molar-refractivity contribution in [2.75, 3.05) is 6.54 Å². The second kappa shape index (κ2) is 6.76. The first-order valence-electron chi connectivity index (χ1n) is 6.30. The lowest BCUT2D eigenvalue weighted by Gasteiger charge is -2.19. The molecular weight excluding hydrogens is 290 g/mol. The van der Waals surface area contributed by atoms with Gasteiger partial charge in [0.05, 0.1) is 12.5 Å². The molecule has 1 aromatic carbocycles. The van der Waals surface area contributed by atoms with E-state index in [-0.39, 0.29) is 0 Å². The molecule has 0 saturated heterocycles. The average Bonchev–Trinajstić information content (AvgIpc) is 2.88. The molecule has 96 valence electrons. The number of nitrogens with one attached hydrogen (secondary N) is 1. The number of furan rings is 1.